The molecule has 1 aromatic carbocycles. The van der Waals surface area contributed by atoms with Gasteiger partial charge in [-0.1, -0.05) is 12.1 Å². The lowest BCUT2D eigenvalue weighted by molar-refractivity contribution is -0.127. The van der Waals surface area contributed by atoms with Crippen molar-refractivity contribution in [1.82, 2.24) is 10.2 Å². The number of benzene rings is 1. The molecule has 0 radical (unpaired) electrons. The summed E-state index contributed by atoms with van der Waals surface area (Å²) < 4.78 is 13.0. The third-order valence-corrected chi connectivity index (χ3v) is 3.59. The minimum absolute atomic E-state index is 0. The molecule has 1 saturated heterocycles. The van der Waals surface area contributed by atoms with Gasteiger partial charge in [-0.2, -0.15) is 0 Å². The average Bonchev–Trinajstić information content (AvgIpc) is 2.45. The molecule has 5 heteroatoms. The molecular weight excluding hydrogens is 291 g/mol. The van der Waals surface area contributed by atoms with Crippen LogP contribution in [0.4, 0.5) is 4.39 Å². The molecule has 1 aliphatic heterocycles. The number of piperidine rings is 1. The van der Waals surface area contributed by atoms with Gasteiger partial charge in [0.2, 0.25) is 5.91 Å². The second-order valence-electron chi connectivity index (χ2n) is 5.24. The van der Waals surface area contributed by atoms with E-state index in [0.717, 1.165) is 32.5 Å². The predicted octanol–water partition coefficient (Wildman–Crippen LogP) is 2.72. The summed E-state index contributed by atoms with van der Waals surface area (Å²) in [5.74, 6) is 0.252. The standard InChI is InChI=1S/C16H21FN2O.ClH/c1-18-11-14-5-3-9-19(12-14)16(20)8-7-13-4-2-6-15(17)10-13;/h2,4,6-8,10,14,18H,3,5,9,11-12H2,1H3;1H/b8-7+;. The van der Waals surface area contributed by atoms with Gasteiger partial charge in [0.1, 0.15) is 5.82 Å². The van der Waals surface area contributed by atoms with Crippen LogP contribution in [0.3, 0.4) is 0 Å². The van der Waals surface area contributed by atoms with Crippen LogP contribution in [0, 0.1) is 11.7 Å². The Bertz CT molecular complexity index is 491. The molecule has 0 spiro atoms. The molecule has 0 aliphatic carbocycles. The zero-order valence-electron chi connectivity index (χ0n) is 12.2. The Balaban J connectivity index is 0.00000220. The highest BCUT2D eigenvalue weighted by atomic mass is 35.5. The van der Waals surface area contributed by atoms with E-state index in [1.807, 2.05) is 11.9 Å². The second-order valence-corrected chi connectivity index (χ2v) is 5.24. The summed E-state index contributed by atoms with van der Waals surface area (Å²) in [5, 5.41) is 3.16. The number of nitrogens with one attached hydrogen (secondary N) is 1. The molecule has 2 rings (SSSR count). The Morgan fingerprint density at radius 2 is 2.33 bits per heavy atom. The summed E-state index contributed by atoms with van der Waals surface area (Å²) in [6, 6.07) is 6.24. The summed E-state index contributed by atoms with van der Waals surface area (Å²) in [7, 11) is 1.94. The Morgan fingerprint density at radius 3 is 3.05 bits per heavy atom. The Morgan fingerprint density at radius 1 is 1.52 bits per heavy atom. The maximum atomic E-state index is 13.0. The molecule has 1 atom stereocenters. The Hall–Kier alpha value is -1.39. The highest BCUT2D eigenvalue weighted by molar-refractivity contribution is 5.91. The molecule has 0 aromatic heterocycles. The molecule has 1 unspecified atom stereocenters. The molecule has 1 amide bonds. The maximum Gasteiger partial charge on any atom is 0.246 e. The Labute approximate surface area is 131 Å². The summed E-state index contributed by atoms with van der Waals surface area (Å²) >= 11 is 0. The van der Waals surface area contributed by atoms with Gasteiger partial charge in [-0.15, -0.1) is 12.4 Å². The zero-order chi connectivity index (χ0) is 14.4. The molecule has 3 nitrogen and oxygen atoms in total. The minimum Gasteiger partial charge on any atom is -0.339 e. The van der Waals surface area contributed by atoms with Crippen molar-refractivity contribution >= 4 is 24.4 Å². The van der Waals surface area contributed by atoms with E-state index < -0.39 is 0 Å². The average molecular weight is 313 g/mol. The highest BCUT2D eigenvalue weighted by Crippen LogP contribution is 2.16. The molecule has 1 N–H and O–H groups in total. The summed E-state index contributed by atoms with van der Waals surface area (Å²) in [6.45, 7) is 2.55. The van der Waals surface area contributed by atoms with Crippen molar-refractivity contribution in [2.45, 2.75) is 12.8 Å². The van der Waals surface area contributed by atoms with Crippen molar-refractivity contribution in [3.8, 4) is 0 Å². The van der Waals surface area contributed by atoms with Gasteiger partial charge in [0.05, 0.1) is 0 Å². The molecule has 1 heterocycles. The van der Waals surface area contributed by atoms with Gasteiger partial charge in [0.25, 0.3) is 0 Å². The van der Waals surface area contributed by atoms with E-state index >= 15 is 0 Å². The van der Waals surface area contributed by atoms with Crippen LogP contribution in [0.15, 0.2) is 30.3 Å². The number of carbonyl (C=O) groups is 1. The van der Waals surface area contributed by atoms with Crippen LogP contribution in [0.1, 0.15) is 18.4 Å². The number of hydrogen-bond acceptors (Lipinski definition) is 2. The second kappa shape index (κ2) is 8.80. The first kappa shape index (κ1) is 17.7. The van der Waals surface area contributed by atoms with Gasteiger partial charge in [0.15, 0.2) is 0 Å². The lowest BCUT2D eigenvalue weighted by Crippen LogP contribution is -2.41. The Kier molecular flexibility index (Phi) is 7.40. The van der Waals surface area contributed by atoms with E-state index in [2.05, 4.69) is 5.32 Å². The quantitative estimate of drug-likeness (QED) is 0.867. The molecule has 1 aromatic rings. The SMILES string of the molecule is CNCC1CCCN(C(=O)/C=C/c2cccc(F)c2)C1.Cl. The van der Waals surface area contributed by atoms with Crippen molar-refractivity contribution in [2.24, 2.45) is 5.92 Å². The van der Waals surface area contributed by atoms with Gasteiger partial charge in [0, 0.05) is 19.2 Å². The van der Waals surface area contributed by atoms with E-state index in [4.69, 9.17) is 0 Å². The highest BCUT2D eigenvalue weighted by Gasteiger charge is 2.21. The number of hydrogen-bond donors (Lipinski definition) is 1. The van der Waals surface area contributed by atoms with Crippen molar-refractivity contribution in [2.75, 3.05) is 26.7 Å². The van der Waals surface area contributed by atoms with Crippen molar-refractivity contribution in [1.29, 1.82) is 0 Å². The number of likely N-dealkylation sites (tertiary alicyclic amines) is 1. The zero-order valence-corrected chi connectivity index (χ0v) is 13.0. The van der Waals surface area contributed by atoms with Crippen LogP contribution >= 0.6 is 12.4 Å². The maximum absolute atomic E-state index is 13.0. The first-order chi connectivity index (χ1) is 9.69. The molecular formula is C16H22ClFN2O. The molecule has 0 bridgehead atoms. The smallest absolute Gasteiger partial charge is 0.246 e. The van der Waals surface area contributed by atoms with Crippen LogP contribution in [-0.4, -0.2) is 37.5 Å². The number of amides is 1. The van der Waals surface area contributed by atoms with Crippen molar-refractivity contribution in [3.63, 3.8) is 0 Å². The topological polar surface area (TPSA) is 32.3 Å². The van der Waals surface area contributed by atoms with Gasteiger partial charge in [-0.25, -0.2) is 4.39 Å². The summed E-state index contributed by atoms with van der Waals surface area (Å²) in [6.07, 6.45) is 5.42. The molecule has 21 heavy (non-hydrogen) atoms. The fourth-order valence-electron chi connectivity index (χ4n) is 2.60. The largest absolute Gasteiger partial charge is 0.339 e. The fourth-order valence-corrected chi connectivity index (χ4v) is 2.60. The summed E-state index contributed by atoms with van der Waals surface area (Å²) in [4.78, 5) is 14.0. The van der Waals surface area contributed by atoms with Gasteiger partial charge in [-0.3, -0.25) is 4.79 Å². The monoisotopic (exact) mass is 312 g/mol. The third kappa shape index (κ3) is 5.48. The van der Waals surface area contributed by atoms with Crippen LogP contribution in [0.2, 0.25) is 0 Å². The number of nitrogens with zero attached hydrogens (tertiary/aromatic N) is 1. The minimum atomic E-state index is -0.286. The van der Waals surface area contributed by atoms with Crippen molar-refractivity contribution in [3.05, 3.63) is 41.7 Å². The van der Waals surface area contributed by atoms with Crippen LogP contribution in [0.25, 0.3) is 6.08 Å². The van der Waals surface area contributed by atoms with Crippen LogP contribution in [-0.2, 0) is 4.79 Å². The van der Waals surface area contributed by atoms with Gasteiger partial charge in [-0.05, 0) is 56.1 Å². The van der Waals surface area contributed by atoms with Crippen LogP contribution < -0.4 is 5.32 Å². The van der Waals surface area contributed by atoms with E-state index in [-0.39, 0.29) is 24.1 Å². The molecule has 116 valence electrons. The lowest BCUT2D eigenvalue weighted by atomic mass is 9.98. The lowest BCUT2D eigenvalue weighted by Gasteiger charge is -2.32. The van der Waals surface area contributed by atoms with E-state index in [9.17, 15) is 9.18 Å². The number of carbonyl (C=O) groups excluding carboxylic acids is 1. The number of halogens is 2. The summed E-state index contributed by atoms with van der Waals surface area (Å²) in [5.41, 5.74) is 0.710. The predicted molar refractivity (Wildman–Crippen MR) is 85.9 cm³/mol. The van der Waals surface area contributed by atoms with Gasteiger partial charge < -0.3 is 10.2 Å². The first-order valence-corrected chi connectivity index (χ1v) is 7.06. The normalized spacial score (nSPS) is 18.6. The van der Waals surface area contributed by atoms with Crippen LogP contribution in [0.5, 0.6) is 0 Å². The third-order valence-electron chi connectivity index (χ3n) is 3.59. The van der Waals surface area contributed by atoms with E-state index in [1.54, 1.807) is 18.2 Å². The van der Waals surface area contributed by atoms with Gasteiger partial charge >= 0.3 is 0 Å². The van der Waals surface area contributed by atoms with E-state index in [0.29, 0.717) is 11.5 Å². The van der Waals surface area contributed by atoms with Crippen molar-refractivity contribution < 1.29 is 9.18 Å². The fraction of sp³-hybridized carbons (Fsp3) is 0.438. The van der Waals surface area contributed by atoms with E-state index in [1.165, 1.54) is 18.2 Å². The first-order valence-electron chi connectivity index (χ1n) is 7.06. The molecule has 1 fully saturated rings. The molecule has 0 saturated carbocycles. The number of rotatable bonds is 4. The molecule has 1 aliphatic rings.